The lowest BCUT2D eigenvalue weighted by Gasteiger charge is -2.28. The summed E-state index contributed by atoms with van der Waals surface area (Å²) in [5.74, 6) is -0.227. The summed E-state index contributed by atoms with van der Waals surface area (Å²) in [5, 5.41) is 3.27. The van der Waals surface area contributed by atoms with Crippen LogP contribution in [0.15, 0.2) is 18.2 Å². The molecule has 3 N–H and O–H groups in total. The van der Waals surface area contributed by atoms with Crippen LogP contribution in [-0.2, 0) is 0 Å². The Hall–Kier alpha value is -1.26. The van der Waals surface area contributed by atoms with Crippen molar-refractivity contribution in [1.29, 1.82) is 0 Å². The van der Waals surface area contributed by atoms with Gasteiger partial charge in [-0.2, -0.15) is 0 Å². The normalized spacial score (nSPS) is 11.7. The van der Waals surface area contributed by atoms with Gasteiger partial charge in [0, 0.05) is 18.8 Å². The van der Waals surface area contributed by atoms with E-state index in [0.29, 0.717) is 22.8 Å². The van der Waals surface area contributed by atoms with E-state index in [9.17, 15) is 4.79 Å². The molecule has 0 aliphatic carbocycles. The first-order valence-electron chi connectivity index (χ1n) is 6.20. The van der Waals surface area contributed by atoms with Crippen molar-refractivity contribution in [2.24, 2.45) is 5.41 Å². The maximum absolute atomic E-state index is 12.1. The van der Waals surface area contributed by atoms with Crippen LogP contribution in [0.5, 0.6) is 0 Å². The Morgan fingerprint density at radius 2 is 2.05 bits per heavy atom. The largest absolute Gasteiger partial charge is 0.398 e. The number of nitrogens with zero attached hydrogens (tertiary/aromatic N) is 1. The number of rotatable bonds is 5. The van der Waals surface area contributed by atoms with Crippen molar-refractivity contribution in [3.8, 4) is 0 Å². The highest BCUT2D eigenvalue weighted by atomic mass is 35.5. The molecule has 0 atom stereocenters. The number of carbonyl (C=O) groups is 1. The molecule has 0 fully saturated rings. The monoisotopic (exact) mass is 283 g/mol. The van der Waals surface area contributed by atoms with Crippen LogP contribution in [0.3, 0.4) is 0 Å². The second-order valence-corrected chi connectivity index (χ2v) is 6.20. The standard InChI is InChI=1S/C14H22ClN3O/c1-14(2,9-18(3)4)8-17-13(19)12-10(15)6-5-7-11(12)16/h5-7H,8-9,16H2,1-4H3,(H,17,19). The molecule has 0 heterocycles. The van der Waals surface area contributed by atoms with Crippen LogP contribution in [-0.4, -0.2) is 38.0 Å². The molecule has 0 aliphatic rings. The van der Waals surface area contributed by atoms with Crippen molar-refractivity contribution in [3.63, 3.8) is 0 Å². The second kappa shape index (κ2) is 6.26. The topological polar surface area (TPSA) is 58.4 Å². The number of nitrogens with one attached hydrogen (secondary N) is 1. The second-order valence-electron chi connectivity index (χ2n) is 5.79. The van der Waals surface area contributed by atoms with Crippen LogP contribution >= 0.6 is 11.6 Å². The third kappa shape index (κ3) is 4.73. The lowest BCUT2D eigenvalue weighted by atomic mass is 9.93. The van der Waals surface area contributed by atoms with Gasteiger partial charge in [-0.15, -0.1) is 0 Å². The van der Waals surface area contributed by atoms with Crippen molar-refractivity contribution in [3.05, 3.63) is 28.8 Å². The Morgan fingerprint density at radius 1 is 1.42 bits per heavy atom. The van der Waals surface area contributed by atoms with Crippen LogP contribution in [0, 0.1) is 5.41 Å². The predicted octanol–water partition coefficient (Wildman–Crippen LogP) is 2.24. The first-order chi connectivity index (χ1) is 8.73. The summed E-state index contributed by atoms with van der Waals surface area (Å²) in [6.07, 6.45) is 0. The number of anilines is 1. The molecule has 0 unspecified atom stereocenters. The number of carbonyl (C=O) groups excluding carboxylic acids is 1. The first-order valence-corrected chi connectivity index (χ1v) is 6.58. The molecule has 0 aromatic heterocycles. The van der Waals surface area contributed by atoms with Gasteiger partial charge in [0.2, 0.25) is 0 Å². The Balaban J connectivity index is 2.71. The number of nitrogens with two attached hydrogens (primary N) is 1. The fourth-order valence-electron chi connectivity index (χ4n) is 2.10. The predicted molar refractivity (Wildman–Crippen MR) is 80.5 cm³/mol. The van der Waals surface area contributed by atoms with E-state index >= 15 is 0 Å². The third-order valence-electron chi connectivity index (χ3n) is 2.74. The molecule has 1 aromatic carbocycles. The SMILES string of the molecule is CN(C)CC(C)(C)CNC(=O)c1c(N)cccc1Cl. The zero-order valence-electron chi connectivity index (χ0n) is 12.0. The van der Waals surface area contributed by atoms with E-state index in [2.05, 4.69) is 24.1 Å². The van der Waals surface area contributed by atoms with Crippen molar-refractivity contribution < 1.29 is 4.79 Å². The summed E-state index contributed by atoms with van der Waals surface area (Å²) in [4.78, 5) is 14.2. The van der Waals surface area contributed by atoms with E-state index in [4.69, 9.17) is 17.3 Å². The molecule has 1 rings (SSSR count). The van der Waals surface area contributed by atoms with Gasteiger partial charge in [-0.25, -0.2) is 0 Å². The number of halogens is 1. The Labute approximate surface area is 119 Å². The van der Waals surface area contributed by atoms with Crippen LogP contribution in [0.2, 0.25) is 5.02 Å². The van der Waals surface area contributed by atoms with Gasteiger partial charge in [0.25, 0.3) is 5.91 Å². The average molecular weight is 284 g/mol. The van der Waals surface area contributed by atoms with Gasteiger partial charge in [-0.05, 0) is 31.6 Å². The van der Waals surface area contributed by atoms with Gasteiger partial charge < -0.3 is 16.0 Å². The fourth-order valence-corrected chi connectivity index (χ4v) is 2.37. The van der Waals surface area contributed by atoms with Gasteiger partial charge in [-0.3, -0.25) is 4.79 Å². The molecule has 0 saturated carbocycles. The number of amides is 1. The summed E-state index contributed by atoms with van der Waals surface area (Å²) >= 11 is 6.01. The number of hydrogen-bond acceptors (Lipinski definition) is 3. The fraction of sp³-hybridized carbons (Fsp3) is 0.500. The number of hydrogen-bond donors (Lipinski definition) is 2. The van der Waals surface area contributed by atoms with Crippen molar-refractivity contribution in [1.82, 2.24) is 10.2 Å². The lowest BCUT2D eigenvalue weighted by Crippen LogP contribution is -2.40. The zero-order valence-corrected chi connectivity index (χ0v) is 12.7. The smallest absolute Gasteiger partial charge is 0.254 e. The van der Waals surface area contributed by atoms with E-state index in [1.807, 2.05) is 14.1 Å². The summed E-state index contributed by atoms with van der Waals surface area (Å²) in [7, 11) is 4.02. The van der Waals surface area contributed by atoms with Gasteiger partial charge >= 0.3 is 0 Å². The minimum Gasteiger partial charge on any atom is -0.398 e. The van der Waals surface area contributed by atoms with Gasteiger partial charge in [0.1, 0.15) is 0 Å². The van der Waals surface area contributed by atoms with Crippen LogP contribution in [0.1, 0.15) is 24.2 Å². The van der Waals surface area contributed by atoms with Crippen molar-refractivity contribution in [2.45, 2.75) is 13.8 Å². The molecule has 5 heteroatoms. The Morgan fingerprint density at radius 3 is 2.58 bits per heavy atom. The summed E-state index contributed by atoms with van der Waals surface area (Å²) in [6.45, 7) is 5.65. The molecule has 0 saturated heterocycles. The molecule has 0 spiro atoms. The number of nitrogen functional groups attached to an aromatic ring is 1. The van der Waals surface area contributed by atoms with E-state index < -0.39 is 0 Å². The van der Waals surface area contributed by atoms with Crippen molar-refractivity contribution in [2.75, 3.05) is 32.9 Å². The molecule has 0 radical (unpaired) electrons. The van der Waals surface area contributed by atoms with Crippen LogP contribution in [0.25, 0.3) is 0 Å². The maximum atomic E-state index is 12.1. The Kier molecular flexibility index (Phi) is 5.20. The minimum atomic E-state index is -0.227. The van der Waals surface area contributed by atoms with Gasteiger partial charge in [0.15, 0.2) is 0 Å². The maximum Gasteiger partial charge on any atom is 0.254 e. The molecule has 4 nitrogen and oxygen atoms in total. The van der Waals surface area contributed by atoms with Crippen molar-refractivity contribution >= 4 is 23.2 Å². The highest BCUT2D eigenvalue weighted by Gasteiger charge is 2.21. The van der Waals surface area contributed by atoms with E-state index in [1.54, 1.807) is 18.2 Å². The van der Waals surface area contributed by atoms with Gasteiger partial charge in [-0.1, -0.05) is 31.5 Å². The van der Waals surface area contributed by atoms with E-state index in [1.165, 1.54) is 0 Å². The summed E-state index contributed by atoms with van der Waals surface area (Å²) in [6, 6.07) is 5.06. The average Bonchev–Trinajstić information content (AvgIpc) is 2.24. The highest BCUT2D eigenvalue weighted by Crippen LogP contribution is 2.22. The molecule has 0 aliphatic heterocycles. The molecule has 19 heavy (non-hydrogen) atoms. The highest BCUT2D eigenvalue weighted by molar-refractivity contribution is 6.34. The van der Waals surface area contributed by atoms with Gasteiger partial charge in [0.05, 0.1) is 10.6 Å². The first kappa shape index (κ1) is 15.8. The molecular formula is C14H22ClN3O. The van der Waals surface area contributed by atoms with E-state index in [0.717, 1.165) is 6.54 Å². The lowest BCUT2D eigenvalue weighted by molar-refractivity contribution is 0.0930. The number of benzene rings is 1. The van der Waals surface area contributed by atoms with E-state index in [-0.39, 0.29) is 11.3 Å². The minimum absolute atomic E-state index is 0.0187. The molecular weight excluding hydrogens is 262 g/mol. The summed E-state index contributed by atoms with van der Waals surface area (Å²) in [5.41, 5.74) is 6.52. The van der Waals surface area contributed by atoms with Crippen LogP contribution < -0.4 is 11.1 Å². The molecule has 1 aromatic rings. The quantitative estimate of drug-likeness (QED) is 0.815. The molecule has 0 bridgehead atoms. The molecule has 1 amide bonds. The zero-order chi connectivity index (χ0) is 14.6. The summed E-state index contributed by atoms with van der Waals surface area (Å²) < 4.78 is 0. The Bertz CT molecular complexity index is 438. The van der Waals surface area contributed by atoms with Crippen LogP contribution in [0.4, 0.5) is 5.69 Å². The molecule has 106 valence electrons. The third-order valence-corrected chi connectivity index (χ3v) is 3.06.